The molecule has 1 aliphatic carbocycles. The zero-order valence-corrected chi connectivity index (χ0v) is 10.7. The van der Waals surface area contributed by atoms with E-state index in [1.165, 1.54) is 18.2 Å². The molecular weight excluding hydrogens is 262 g/mol. The molecule has 20 heavy (non-hydrogen) atoms. The molecule has 104 valence electrons. The van der Waals surface area contributed by atoms with Crippen molar-refractivity contribution >= 4 is 23.3 Å². The maximum atomic E-state index is 12.4. The molecule has 2 fully saturated rings. The van der Waals surface area contributed by atoms with Crippen molar-refractivity contribution in [1.82, 2.24) is 4.90 Å². The van der Waals surface area contributed by atoms with Crippen molar-refractivity contribution in [2.75, 3.05) is 11.4 Å². The molecule has 0 aromatic heterocycles. The van der Waals surface area contributed by atoms with Crippen LogP contribution in [0.15, 0.2) is 24.3 Å². The Morgan fingerprint density at radius 2 is 2.00 bits per heavy atom. The van der Waals surface area contributed by atoms with Crippen LogP contribution < -0.4 is 4.90 Å². The van der Waals surface area contributed by atoms with Crippen LogP contribution in [0, 0.1) is 10.1 Å². The maximum Gasteiger partial charge on any atom is 0.331 e. The monoisotopic (exact) mass is 275 g/mol. The first-order valence-electron chi connectivity index (χ1n) is 6.46. The van der Waals surface area contributed by atoms with Crippen molar-refractivity contribution in [3.05, 3.63) is 34.4 Å². The molecule has 3 amide bonds. The molecule has 1 aliphatic heterocycles. The van der Waals surface area contributed by atoms with Crippen molar-refractivity contribution in [1.29, 1.82) is 0 Å². The predicted octanol–water partition coefficient (Wildman–Crippen LogP) is 1.92. The van der Waals surface area contributed by atoms with Gasteiger partial charge in [0.05, 0.1) is 10.6 Å². The van der Waals surface area contributed by atoms with E-state index in [-0.39, 0.29) is 35.8 Å². The molecule has 7 heteroatoms. The Kier molecular flexibility index (Phi) is 2.89. The van der Waals surface area contributed by atoms with Crippen LogP contribution in [0.25, 0.3) is 0 Å². The molecular formula is C13H13N3O4. The van der Waals surface area contributed by atoms with E-state index >= 15 is 0 Å². The molecule has 1 saturated heterocycles. The lowest BCUT2D eigenvalue weighted by Gasteiger charge is -2.34. The smallest absolute Gasteiger partial charge is 0.320 e. The SMILES string of the molecule is O=C1CCN(C2CC2)C(=O)N1c1cccc([N+](=O)[O-])c1. The highest BCUT2D eigenvalue weighted by Gasteiger charge is 2.41. The minimum atomic E-state index is -0.541. The second kappa shape index (κ2) is 4.59. The third-order valence-electron chi connectivity index (χ3n) is 3.54. The molecule has 0 radical (unpaired) electrons. The Morgan fingerprint density at radius 3 is 2.65 bits per heavy atom. The standard InChI is InChI=1S/C13H13N3O4/c17-12-6-7-14(9-4-5-9)13(18)15(12)10-2-1-3-11(8-10)16(19)20/h1-3,8-9H,4-7H2. The van der Waals surface area contributed by atoms with Gasteiger partial charge in [0.15, 0.2) is 0 Å². The largest absolute Gasteiger partial charge is 0.331 e. The first kappa shape index (κ1) is 12.6. The highest BCUT2D eigenvalue weighted by Crippen LogP contribution is 2.32. The zero-order chi connectivity index (χ0) is 14.3. The third-order valence-corrected chi connectivity index (χ3v) is 3.54. The maximum absolute atomic E-state index is 12.4. The molecule has 2 aliphatic rings. The quantitative estimate of drug-likeness (QED) is 0.623. The number of imide groups is 1. The van der Waals surface area contributed by atoms with Crippen molar-refractivity contribution in [2.45, 2.75) is 25.3 Å². The van der Waals surface area contributed by atoms with Gasteiger partial charge in [0, 0.05) is 31.1 Å². The summed E-state index contributed by atoms with van der Waals surface area (Å²) in [4.78, 5) is 37.3. The van der Waals surface area contributed by atoms with Crippen LogP contribution in [0.4, 0.5) is 16.2 Å². The fourth-order valence-electron chi connectivity index (χ4n) is 2.38. The van der Waals surface area contributed by atoms with Gasteiger partial charge in [-0.25, -0.2) is 9.69 Å². The van der Waals surface area contributed by atoms with Gasteiger partial charge in [-0.1, -0.05) is 6.07 Å². The lowest BCUT2D eigenvalue weighted by Crippen LogP contribution is -2.53. The van der Waals surface area contributed by atoms with Gasteiger partial charge in [0.1, 0.15) is 0 Å². The third kappa shape index (κ3) is 2.11. The second-order valence-corrected chi connectivity index (χ2v) is 4.96. The summed E-state index contributed by atoms with van der Waals surface area (Å²) in [6.07, 6.45) is 2.18. The van der Waals surface area contributed by atoms with Crippen molar-refractivity contribution in [3.63, 3.8) is 0 Å². The minimum absolute atomic E-state index is 0.133. The number of rotatable bonds is 3. The molecule has 0 bridgehead atoms. The minimum Gasteiger partial charge on any atom is -0.320 e. The lowest BCUT2D eigenvalue weighted by molar-refractivity contribution is -0.384. The van der Waals surface area contributed by atoms with Gasteiger partial charge in [-0.3, -0.25) is 14.9 Å². The molecule has 7 nitrogen and oxygen atoms in total. The summed E-state index contributed by atoms with van der Waals surface area (Å²) in [5.41, 5.74) is 0.131. The number of nitro groups is 1. The number of amides is 3. The number of nitrogens with zero attached hydrogens (tertiary/aromatic N) is 3. The van der Waals surface area contributed by atoms with Crippen LogP contribution in [0.2, 0.25) is 0 Å². The van der Waals surface area contributed by atoms with Crippen molar-refractivity contribution < 1.29 is 14.5 Å². The van der Waals surface area contributed by atoms with Gasteiger partial charge in [-0.05, 0) is 18.9 Å². The summed E-state index contributed by atoms with van der Waals surface area (Å²) in [6.45, 7) is 0.438. The van der Waals surface area contributed by atoms with Gasteiger partial charge >= 0.3 is 6.03 Å². The molecule has 1 heterocycles. The number of nitro benzene ring substituents is 1. The van der Waals surface area contributed by atoms with Crippen molar-refractivity contribution in [2.24, 2.45) is 0 Å². The number of hydrogen-bond donors (Lipinski definition) is 0. The Hall–Kier alpha value is -2.44. The van der Waals surface area contributed by atoms with E-state index in [9.17, 15) is 19.7 Å². The number of carbonyl (C=O) groups excluding carboxylic acids is 2. The van der Waals surface area contributed by atoms with Crippen LogP contribution in [0.3, 0.4) is 0 Å². The summed E-state index contributed by atoms with van der Waals surface area (Å²) in [6, 6.07) is 5.46. The molecule has 3 rings (SSSR count). The summed E-state index contributed by atoms with van der Waals surface area (Å²) >= 11 is 0. The van der Waals surface area contributed by atoms with Crippen LogP contribution in [0.1, 0.15) is 19.3 Å². The molecule has 1 aromatic carbocycles. The Balaban J connectivity index is 1.93. The second-order valence-electron chi connectivity index (χ2n) is 4.96. The predicted molar refractivity (Wildman–Crippen MR) is 70.3 cm³/mol. The van der Waals surface area contributed by atoms with Gasteiger partial charge < -0.3 is 4.90 Å². The van der Waals surface area contributed by atoms with E-state index in [0.717, 1.165) is 17.7 Å². The Labute approximate surface area is 114 Å². The molecule has 1 aromatic rings. The van der Waals surface area contributed by atoms with Crippen LogP contribution in [0.5, 0.6) is 0 Å². The highest BCUT2D eigenvalue weighted by molar-refractivity contribution is 6.16. The van der Waals surface area contributed by atoms with E-state index in [2.05, 4.69) is 0 Å². The normalized spacial score (nSPS) is 19.4. The van der Waals surface area contributed by atoms with Gasteiger partial charge in [-0.2, -0.15) is 0 Å². The van der Waals surface area contributed by atoms with Crippen molar-refractivity contribution in [3.8, 4) is 0 Å². The average molecular weight is 275 g/mol. The lowest BCUT2D eigenvalue weighted by atomic mass is 10.2. The number of hydrogen-bond acceptors (Lipinski definition) is 4. The molecule has 1 saturated carbocycles. The Bertz CT molecular complexity index is 597. The fraction of sp³-hybridized carbons (Fsp3) is 0.385. The summed E-state index contributed by atoms with van der Waals surface area (Å²) in [5, 5.41) is 10.8. The van der Waals surface area contributed by atoms with E-state index in [1.54, 1.807) is 11.0 Å². The molecule has 0 spiro atoms. The van der Waals surface area contributed by atoms with Gasteiger partial charge in [0.2, 0.25) is 5.91 Å². The molecule has 0 unspecified atom stereocenters. The Morgan fingerprint density at radius 1 is 1.25 bits per heavy atom. The number of urea groups is 1. The number of anilines is 1. The van der Waals surface area contributed by atoms with Gasteiger partial charge in [0.25, 0.3) is 5.69 Å². The molecule has 0 atom stereocenters. The van der Waals surface area contributed by atoms with E-state index in [4.69, 9.17) is 0 Å². The van der Waals surface area contributed by atoms with Crippen LogP contribution in [-0.2, 0) is 4.79 Å². The summed E-state index contributed by atoms with van der Waals surface area (Å²) < 4.78 is 0. The highest BCUT2D eigenvalue weighted by atomic mass is 16.6. The van der Waals surface area contributed by atoms with E-state index < -0.39 is 4.92 Å². The number of benzene rings is 1. The zero-order valence-electron chi connectivity index (χ0n) is 10.7. The number of non-ortho nitro benzene ring substituents is 1. The van der Waals surface area contributed by atoms with Crippen LogP contribution >= 0.6 is 0 Å². The summed E-state index contributed by atoms with van der Waals surface area (Å²) in [5.74, 6) is -0.313. The number of carbonyl (C=O) groups is 2. The van der Waals surface area contributed by atoms with Gasteiger partial charge in [-0.15, -0.1) is 0 Å². The molecule has 0 N–H and O–H groups in total. The van der Waals surface area contributed by atoms with E-state index in [0.29, 0.717) is 6.54 Å². The van der Waals surface area contributed by atoms with Crippen LogP contribution in [-0.4, -0.2) is 34.3 Å². The fourth-order valence-corrected chi connectivity index (χ4v) is 2.38. The first-order chi connectivity index (χ1) is 9.58. The average Bonchev–Trinajstić information content (AvgIpc) is 3.23. The first-order valence-corrected chi connectivity index (χ1v) is 6.46. The van der Waals surface area contributed by atoms with E-state index in [1.807, 2.05) is 0 Å². The summed E-state index contributed by atoms with van der Waals surface area (Å²) in [7, 11) is 0. The topological polar surface area (TPSA) is 83.8 Å².